The molecule has 1 nitrogen and oxygen atoms in total. The fraction of sp³-hybridized carbons (Fsp3) is 1.00. The van der Waals surface area contributed by atoms with Gasteiger partial charge in [0.2, 0.25) is 0 Å². The maximum absolute atomic E-state index is 10.2. The van der Waals surface area contributed by atoms with Crippen LogP contribution in [0, 0.1) is 46.8 Å². The van der Waals surface area contributed by atoms with Gasteiger partial charge in [0.15, 0.2) is 0 Å². The quantitative estimate of drug-likeness (QED) is 0.410. The van der Waals surface area contributed by atoms with Crippen molar-refractivity contribution in [1.29, 1.82) is 0 Å². The molecule has 0 amide bonds. The SMILES string of the molecule is CCC[C@H](CCCC(CC)C(C)C)C1CCC2C(CCC3CC(O)CC[C@@]32C)C1. The molecule has 3 aliphatic rings. The van der Waals surface area contributed by atoms with E-state index in [1.165, 1.54) is 77.0 Å². The zero-order valence-corrected chi connectivity index (χ0v) is 20.5. The Morgan fingerprint density at radius 1 is 0.931 bits per heavy atom. The van der Waals surface area contributed by atoms with E-state index in [2.05, 4.69) is 34.6 Å². The Kier molecular flexibility index (Phi) is 8.57. The van der Waals surface area contributed by atoms with Gasteiger partial charge < -0.3 is 5.11 Å². The normalized spacial score (nSPS) is 39.6. The Labute approximate surface area is 182 Å². The molecule has 170 valence electrons. The number of aliphatic hydroxyl groups is 1. The summed E-state index contributed by atoms with van der Waals surface area (Å²) < 4.78 is 0. The van der Waals surface area contributed by atoms with Gasteiger partial charge in [-0.25, -0.2) is 0 Å². The van der Waals surface area contributed by atoms with Crippen molar-refractivity contribution in [2.45, 2.75) is 131 Å². The van der Waals surface area contributed by atoms with E-state index in [4.69, 9.17) is 0 Å². The zero-order chi connectivity index (χ0) is 21.0. The van der Waals surface area contributed by atoms with Crippen molar-refractivity contribution in [1.82, 2.24) is 0 Å². The van der Waals surface area contributed by atoms with E-state index < -0.39 is 0 Å². The highest BCUT2D eigenvalue weighted by molar-refractivity contribution is 5.01. The van der Waals surface area contributed by atoms with Gasteiger partial charge >= 0.3 is 0 Å². The van der Waals surface area contributed by atoms with Crippen LogP contribution in [0.1, 0.15) is 125 Å². The summed E-state index contributed by atoms with van der Waals surface area (Å²) in [6.07, 6.45) is 19.4. The van der Waals surface area contributed by atoms with Crippen LogP contribution in [0.25, 0.3) is 0 Å². The van der Waals surface area contributed by atoms with E-state index in [9.17, 15) is 5.11 Å². The molecule has 8 atom stereocenters. The van der Waals surface area contributed by atoms with E-state index >= 15 is 0 Å². The Morgan fingerprint density at radius 3 is 2.41 bits per heavy atom. The van der Waals surface area contributed by atoms with Crippen LogP contribution in [-0.4, -0.2) is 11.2 Å². The van der Waals surface area contributed by atoms with Crippen molar-refractivity contribution in [2.24, 2.45) is 46.8 Å². The molecular weight excluding hydrogens is 352 g/mol. The molecular formula is C28H52O. The average Bonchev–Trinajstić information content (AvgIpc) is 2.70. The van der Waals surface area contributed by atoms with Crippen molar-refractivity contribution in [3.8, 4) is 0 Å². The highest BCUT2D eigenvalue weighted by atomic mass is 16.3. The minimum absolute atomic E-state index is 0.00677. The number of hydrogen-bond acceptors (Lipinski definition) is 1. The van der Waals surface area contributed by atoms with Gasteiger partial charge in [-0.15, -0.1) is 0 Å². The highest BCUT2D eigenvalue weighted by Gasteiger charge is 2.52. The summed E-state index contributed by atoms with van der Waals surface area (Å²) in [7, 11) is 0. The molecule has 0 heterocycles. The molecule has 1 N–H and O–H groups in total. The molecule has 1 heteroatoms. The Hall–Kier alpha value is -0.0400. The lowest BCUT2D eigenvalue weighted by atomic mass is 9.48. The van der Waals surface area contributed by atoms with Crippen LogP contribution >= 0.6 is 0 Å². The van der Waals surface area contributed by atoms with Crippen LogP contribution in [0.5, 0.6) is 0 Å². The van der Waals surface area contributed by atoms with E-state index in [-0.39, 0.29) is 6.10 Å². The lowest BCUT2D eigenvalue weighted by Crippen LogP contribution is -2.50. The van der Waals surface area contributed by atoms with Crippen molar-refractivity contribution in [3.63, 3.8) is 0 Å². The van der Waals surface area contributed by atoms with Gasteiger partial charge in [0, 0.05) is 0 Å². The minimum atomic E-state index is -0.00677. The van der Waals surface area contributed by atoms with Crippen molar-refractivity contribution in [2.75, 3.05) is 0 Å². The first-order valence-corrected chi connectivity index (χ1v) is 13.6. The number of hydrogen-bond donors (Lipinski definition) is 1. The average molecular weight is 405 g/mol. The Morgan fingerprint density at radius 2 is 1.72 bits per heavy atom. The second kappa shape index (κ2) is 10.5. The predicted octanol–water partition coefficient (Wildman–Crippen LogP) is 8.25. The fourth-order valence-corrected chi connectivity index (χ4v) is 8.30. The molecule has 0 bridgehead atoms. The summed E-state index contributed by atoms with van der Waals surface area (Å²) in [6.45, 7) is 12.2. The maximum atomic E-state index is 10.2. The topological polar surface area (TPSA) is 20.2 Å². The molecule has 6 unspecified atom stereocenters. The van der Waals surface area contributed by atoms with Gasteiger partial charge in [-0.05, 0) is 98.2 Å². The van der Waals surface area contributed by atoms with Gasteiger partial charge in [-0.1, -0.05) is 73.1 Å². The predicted molar refractivity (Wildman–Crippen MR) is 126 cm³/mol. The largest absolute Gasteiger partial charge is 0.393 e. The van der Waals surface area contributed by atoms with Crippen LogP contribution in [0.3, 0.4) is 0 Å². The van der Waals surface area contributed by atoms with Crippen LogP contribution < -0.4 is 0 Å². The second-order valence-electron chi connectivity index (χ2n) is 12.0. The van der Waals surface area contributed by atoms with Crippen molar-refractivity contribution < 1.29 is 5.11 Å². The van der Waals surface area contributed by atoms with E-state index in [1.807, 2.05) is 0 Å². The first kappa shape index (κ1) is 23.6. The summed E-state index contributed by atoms with van der Waals surface area (Å²) in [5.74, 6) is 6.53. The van der Waals surface area contributed by atoms with Gasteiger partial charge in [0.1, 0.15) is 0 Å². The van der Waals surface area contributed by atoms with Gasteiger partial charge in [-0.3, -0.25) is 0 Å². The van der Waals surface area contributed by atoms with Crippen molar-refractivity contribution in [3.05, 3.63) is 0 Å². The number of fused-ring (bicyclic) bond motifs is 3. The number of aliphatic hydroxyl groups excluding tert-OH is 1. The molecule has 0 aromatic heterocycles. The molecule has 0 spiro atoms. The Balaban J connectivity index is 1.56. The molecule has 0 radical (unpaired) electrons. The lowest BCUT2D eigenvalue weighted by Gasteiger charge is -2.57. The molecule has 0 aromatic carbocycles. The summed E-state index contributed by atoms with van der Waals surface area (Å²) in [5, 5.41) is 10.2. The third kappa shape index (κ3) is 5.42. The first-order chi connectivity index (χ1) is 13.9. The third-order valence-electron chi connectivity index (χ3n) is 10.2. The molecule has 0 aliphatic heterocycles. The van der Waals surface area contributed by atoms with Crippen LogP contribution in [-0.2, 0) is 0 Å². The van der Waals surface area contributed by atoms with Gasteiger partial charge in [0.05, 0.1) is 6.10 Å². The summed E-state index contributed by atoms with van der Waals surface area (Å²) >= 11 is 0. The summed E-state index contributed by atoms with van der Waals surface area (Å²) in [5.41, 5.74) is 0.541. The van der Waals surface area contributed by atoms with E-state index in [1.54, 1.807) is 0 Å². The summed E-state index contributed by atoms with van der Waals surface area (Å²) in [6, 6.07) is 0. The van der Waals surface area contributed by atoms with Crippen LogP contribution in [0.2, 0.25) is 0 Å². The maximum Gasteiger partial charge on any atom is 0.0543 e. The summed E-state index contributed by atoms with van der Waals surface area (Å²) in [4.78, 5) is 0. The smallest absolute Gasteiger partial charge is 0.0543 e. The monoisotopic (exact) mass is 404 g/mol. The lowest BCUT2D eigenvalue weighted by molar-refractivity contribution is -0.0948. The van der Waals surface area contributed by atoms with Crippen LogP contribution in [0.4, 0.5) is 0 Å². The zero-order valence-electron chi connectivity index (χ0n) is 20.5. The highest BCUT2D eigenvalue weighted by Crippen LogP contribution is 2.60. The standard InChI is InChI=1S/C28H52O/c1-6-9-22(11-8-10-21(7-2)20(3)4)23-13-15-27-24(18-23)12-14-25-19-26(29)16-17-28(25,27)5/h20-27,29H,6-19H2,1-5H3/t21?,22-,23?,24?,25?,26?,27?,28+/m1/s1. The number of rotatable bonds is 9. The van der Waals surface area contributed by atoms with Crippen LogP contribution in [0.15, 0.2) is 0 Å². The first-order valence-electron chi connectivity index (χ1n) is 13.6. The Bertz CT molecular complexity index is 485. The molecule has 3 saturated carbocycles. The third-order valence-corrected chi connectivity index (χ3v) is 10.2. The molecule has 3 fully saturated rings. The van der Waals surface area contributed by atoms with E-state index in [0.29, 0.717) is 5.41 Å². The van der Waals surface area contributed by atoms with Crippen molar-refractivity contribution >= 4 is 0 Å². The molecule has 3 rings (SSSR count). The molecule has 3 aliphatic carbocycles. The minimum Gasteiger partial charge on any atom is -0.393 e. The van der Waals surface area contributed by atoms with Gasteiger partial charge in [-0.2, -0.15) is 0 Å². The molecule has 0 aromatic rings. The molecule has 29 heavy (non-hydrogen) atoms. The second-order valence-corrected chi connectivity index (χ2v) is 12.0. The molecule has 0 saturated heterocycles. The fourth-order valence-electron chi connectivity index (χ4n) is 8.30. The van der Waals surface area contributed by atoms with Gasteiger partial charge in [0.25, 0.3) is 0 Å². The van der Waals surface area contributed by atoms with E-state index in [0.717, 1.165) is 54.3 Å².